The summed E-state index contributed by atoms with van der Waals surface area (Å²) in [6, 6.07) is 3.19. The maximum absolute atomic E-state index is 10.5. The van der Waals surface area contributed by atoms with Crippen molar-refractivity contribution in [2.45, 2.75) is 0 Å². The fourth-order valence-electron chi connectivity index (χ4n) is 0.803. The fourth-order valence-corrected chi connectivity index (χ4v) is 0.803. The van der Waals surface area contributed by atoms with Crippen molar-refractivity contribution in [2.75, 3.05) is 7.11 Å². The number of carbonyl (C=O) groups is 1. The first-order chi connectivity index (χ1) is 6.15. The molecule has 1 aromatic heterocycles. The Morgan fingerprint density at radius 2 is 2.31 bits per heavy atom. The van der Waals surface area contributed by atoms with Gasteiger partial charge in [-0.25, -0.2) is 9.78 Å². The van der Waals surface area contributed by atoms with Gasteiger partial charge in [0, 0.05) is 17.8 Å². The van der Waals surface area contributed by atoms with Gasteiger partial charge in [-0.05, 0) is 6.07 Å². The van der Waals surface area contributed by atoms with Gasteiger partial charge in [0.05, 0.1) is 12.7 Å². The first-order valence-electron chi connectivity index (χ1n) is 3.57. The molecule has 0 fully saturated rings. The summed E-state index contributed by atoms with van der Waals surface area (Å²) in [7, 11) is 1.49. The second-order valence-corrected chi connectivity index (χ2v) is 2.37. The van der Waals surface area contributed by atoms with Crippen LogP contribution in [0.4, 0.5) is 0 Å². The average Bonchev–Trinajstić information content (AvgIpc) is 2.17. The standard InChI is InChI=1S/C9H9NO3/c1-6(9(11)12)7-3-4-8(13-2)10-5-7/h3-5H,1H2,2H3,(H,11,12). The van der Waals surface area contributed by atoms with Crippen molar-refractivity contribution < 1.29 is 14.6 Å². The summed E-state index contributed by atoms with van der Waals surface area (Å²) in [5, 5.41) is 8.60. The molecule has 1 N–H and O–H groups in total. The highest BCUT2D eigenvalue weighted by Crippen LogP contribution is 2.13. The van der Waals surface area contributed by atoms with Gasteiger partial charge in [0.15, 0.2) is 0 Å². The number of methoxy groups -OCH3 is 1. The highest BCUT2D eigenvalue weighted by Gasteiger charge is 2.06. The Balaban J connectivity index is 2.92. The van der Waals surface area contributed by atoms with Crippen molar-refractivity contribution in [2.24, 2.45) is 0 Å². The third-order valence-electron chi connectivity index (χ3n) is 1.55. The summed E-state index contributed by atoms with van der Waals surface area (Å²) < 4.78 is 4.82. The summed E-state index contributed by atoms with van der Waals surface area (Å²) in [6.07, 6.45) is 1.41. The molecule has 0 aromatic carbocycles. The second-order valence-electron chi connectivity index (χ2n) is 2.37. The molecule has 0 aliphatic rings. The van der Waals surface area contributed by atoms with Gasteiger partial charge in [-0.3, -0.25) is 0 Å². The van der Waals surface area contributed by atoms with E-state index in [2.05, 4.69) is 11.6 Å². The summed E-state index contributed by atoms with van der Waals surface area (Å²) in [4.78, 5) is 14.3. The van der Waals surface area contributed by atoms with Crippen LogP contribution in [0, 0.1) is 0 Å². The van der Waals surface area contributed by atoms with E-state index < -0.39 is 5.97 Å². The van der Waals surface area contributed by atoms with Crippen molar-refractivity contribution in [1.82, 2.24) is 4.98 Å². The number of aliphatic carboxylic acids is 1. The zero-order valence-electron chi connectivity index (χ0n) is 7.15. The number of aromatic nitrogens is 1. The molecular formula is C9H9NO3. The molecule has 13 heavy (non-hydrogen) atoms. The molecule has 4 nitrogen and oxygen atoms in total. The van der Waals surface area contributed by atoms with E-state index in [1.165, 1.54) is 13.3 Å². The number of nitrogens with zero attached hydrogens (tertiary/aromatic N) is 1. The van der Waals surface area contributed by atoms with Crippen molar-refractivity contribution >= 4 is 11.5 Å². The zero-order valence-corrected chi connectivity index (χ0v) is 7.15. The topological polar surface area (TPSA) is 59.4 Å². The van der Waals surface area contributed by atoms with Gasteiger partial charge in [-0.2, -0.15) is 0 Å². The first-order valence-corrected chi connectivity index (χ1v) is 3.57. The predicted octanol–water partition coefficient (Wildman–Crippen LogP) is 1.19. The van der Waals surface area contributed by atoms with Crippen molar-refractivity contribution in [1.29, 1.82) is 0 Å². The van der Waals surface area contributed by atoms with Crippen LogP contribution in [0.2, 0.25) is 0 Å². The Labute approximate surface area is 75.5 Å². The van der Waals surface area contributed by atoms with E-state index in [0.717, 1.165) is 0 Å². The molecule has 1 rings (SSSR count). The van der Waals surface area contributed by atoms with Gasteiger partial charge in [0.2, 0.25) is 5.88 Å². The predicted molar refractivity (Wildman–Crippen MR) is 47.5 cm³/mol. The van der Waals surface area contributed by atoms with Crippen LogP contribution in [0.1, 0.15) is 5.56 Å². The molecule has 0 saturated carbocycles. The Hall–Kier alpha value is -1.84. The lowest BCUT2D eigenvalue weighted by Crippen LogP contribution is -1.98. The fraction of sp³-hybridized carbons (Fsp3) is 0.111. The Morgan fingerprint density at radius 1 is 1.62 bits per heavy atom. The molecule has 0 radical (unpaired) electrons. The van der Waals surface area contributed by atoms with E-state index in [1.807, 2.05) is 0 Å². The molecule has 0 unspecified atom stereocenters. The van der Waals surface area contributed by atoms with Gasteiger partial charge < -0.3 is 9.84 Å². The molecule has 68 valence electrons. The SMILES string of the molecule is C=C(C(=O)O)c1ccc(OC)nc1. The summed E-state index contributed by atoms with van der Waals surface area (Å²) in [5.41, 5.74) is 0.503. The minimum absolute atomic E-state index is 0.0233. The summed E-state index contributed by atoms with van der Waals surface area (Å²) in [5.74, 6) is -0.603. The van der Waals surface area contributed by atoms with Crippen molar-refractivity contribution in [3.05, 3.63) is 30.5 Å². The monoisotopic (exact) mass is 179 g/mol. The van der Waals surface area contributed by atoms with E-state index in [9.17, 15) is 4.79 Å². The molecule has 0 aliphatic carbocycles. The summed E-state index contributed by atoms with van der Waals surface area (Å²) >= 11 is 0. The molecule has 4 heteroatoms. The number of rotatable bonds is 3. The van der Waals surface area contributed by atoms with Crippen LogP contribution < -0.4 is 4.74 Å². The largest absolute Gasteiger partial charge is 0.481 e. The quantitative estimate of drug-likeness (QED) is 0.708. The zero-order chi connectivity index (χ0) is 9.84. The Kier molecular flexibility index (Phi) is 2.64. The molecule has 0 amide bonds. The van der Waals surface area contributed by atoms with Crippen molar-refractivity contribution in [3.8, 4) is 5.88 Å². The van der Waals surface area contributed by atoms with Crippen LogP contribution in [-0.4, -0.2) is 23.2 Å². The lowest BCUT2D eigenvalue weighted by atomic mass is 10.1. The van der Waals surface area contributed by atoms with Crippen LogP contribution >= 0.6 is 0 Å². The van der Waals surface area contributed by atoms with E-state index in [4.69, 9.17) is 9.84 Å². The smallest absolute Gasteiger partial charge is 0.335 e. The number of carboxylic acids is 1. The highest BCUT2D eigenvalue weighted by atomic mass is 16.5. The van der Waals surface area contributed by atoms with E-state index in [1.54, 1.807) is 12.1 Å². The number of hydrogen-bond acceptors (Lipinski definition) is 3. The maximum atomic E-state index is 10.5. The van der Waals surface area contributed by atoms with Gasteiger partial charge in [0.25, 0.3) is 0 Å². The van der Waals surface area contributed by atoms with Crippen LogP contribution in [0.3, 0.4) is 0 Å². The minimum atomic E-state index is -1.05. The van der Waals surface area contributed by atoms with E-state index in [-0.39, 0.29) is 5.57 Å². The van der Waals surface area contributed by atoms with E-state index >= 15 is 0 Å². The number of pyridine rings is 1. The number of ether oxygens (including phenoxy) is 1. The first kappa shape index (κ1) is 9.25. The minimum Gasteiger partial charge on any atom is -0.481 e. The molecule has 0 spiro atoms. The lowest BCUT2D eigenvalue weighted by Gasteiger charge is -2.01. The average molecular weight is 179 g/mol. The molecule has 0 bridgehead atoms. The van der Waals surface area contributed by atoms with Crippen LogP contribution in [0.25, 0.3) is 5.57 Å². The Morgan fingerprint density at radius 3 is 2.69 bits per heavy atom. The summed E-state index contributed by atoms with van der Waals surface area (Å²) in [6.45, 7) is 3.40. The van der Waals surface area contributed by atoms with Gasteiger partial charge >= 0.3 is 5.97 Å². The molecule has 1 heterocycles. The second kappa shape index (κ2) is 3.71. The van der Waals surface area contributed by atoms with Gasteiger partial charge in [-0.15, -0.1) is 0 Å². The van der Waals surface area contributed by atoms with Crippen molar-refractivity contribution in [3.63, 3.8) is 0 Å². The van der Waals surface area contributed by atoms with E-state index in [0.29, 0.717) is 11.4 Å². The van der Waals surface area contributed by atoms with Crippen LogP contribution in [0.5, 0.6) is 5.88 Å². The van der Waals surface area contributed by atoms with Crippen LogP contribution in [-0.2, 0) is 4.79 Å². The number of hydrogen-bond donors (Lipinski definition) is 1. The normalized spacial score (nSPS) is 9.31. The Bertz CT molecular complexity index is 329. The molecule has 0 atom stereocenters. The van der Waals surface area contributed by atoms with Gasteiger partial charge in [-0.1, -0.05) is 6.58 Å². The highest BCUT2D eigenvalue weighted by molar-refractivity contribution is 6.14. The third kappa shape index (κ3) is 2.05. The molecule has 0 saturated heterocycles. The maximum Gasteiger partial charge on any atom is 0.335 e. The van der Waals surface area contributed by atoms with Gasteiger partial charge in [0.1, 0.15) is 0 Å². The lowest BCUT2D eigenvalue weighted by molar-refractivity contribution is -0.130. The molecular weight excluding hydrogens is 170 g/mol. The molecule has 1 aromatic rings. The number of carboxylic acid groups (broad SMARTS) is 1. The molecule has 0 aliphatic heterocycles. The van der Waals surface area contributed by atoms with Crippen LogP contribution in [0.15, 0.2) is 24.9 Å². The third-order valence-corrected chi connectivity index (χ3v) is 1.55.